The maximum Gasteiger partial charge on any atom is 0.189 e. The number of hydrogen-bond acceptors (Lipinski definition) is 2. The first-order valence-corrected chi connectivity index (χ1v) is 7.09. The van der Waals surface area contributed by atoms with Crippen molar-refractivity contribution in [3.05, 3.63) is 96.1 Å². The summed E-state index contributed by atoms with van der Waals surface area (Å²) in [6.45, 7) is 9.52. The molecule has 0 unspecified atom stereocenters. The molecular weight excluding hydrogens is 272 g/mol. The number of Topliss-reactive ketones (excluding diaryl/α,β-unsaturated/α-hetero) is 2. The van der Waals surface area contributed by atoms with Gasteiger partial charge in [-0.3, -0.25) is 9.59 Å². The van der Waals surface area contributed by atoms with Crippen LogP contribution in [0.1, 0.15) is 27.6 Å². The molecule has 110 valence electrons. The van der Waals surface area contributed by atoms with Crippen LogP contribution in [0.15, 0.2) is 85.0 Å². The maximum atomic E-state index is 12.4. The second kappa shape index (κ2) is 6.81. The Morgan fingerprint density at radius 3 is 1.36 bits per heavy atom. The molecule has 2 nitrogen and oxygen atoms in total. The quantitative estimate of drug-likeness (QED) is 0.580. The highest BCUT2D eigenvalue weighted by molar-refractivity contribution is 6.13. The van der Waals surface area contributed by atoms with Gasteiger partial charge in [-0.2, -0.15) is 0 Å². The summed E-state index contributed by atoms with van der Waals surface area (Å²) in [6.07, 6.45) is 0. The first-order chi connectivity index (χ1) is 10.5. The van der Waals surface area contributed by atoms with Gasteiger partial charge in [0.15, 0.2) is 11.6 Å². The highest BCUT2D eigenvalue weighted by atomic mass is 16.1. The smallest absolute Gasteiger partial charge is 0.189 e. The van der Waals surface area contributed by atoms with Gasteiger partial charge in [0.05, 0.1) is 0 Å². The maximum absolute atomic E-state index is 12.4. The SMILES string of the molecule is C=C(C(=O)c1ccccc1)C(C)C(=C)C(=O)c1ccccc1. The standard InChI is InChI=1S/C20H18O2/c1-14(15(2)19(21)17-10-6-4-7-11-17)16(3)20(22)18-12-8-5-9-13-18/h4-14H,2-3H2,1H3. The molecule has 0 fully saturated rings. The Bertz CT molecular complexity index is 648. The van der Waals surface area contributed by atoms with E-state index in [1.54, 1.807) is 55.5 Å². The second-order valence-corrected chi connectivity index (χ2v) is 5.16. The van der Waals surface area contributed by atoms with E-state index in [-0.39, 0.29) is 11.6 Å². The average Bonchev–Trinajstić information content (AvgIpc) is 2.60. The minimum atomic E-state index is -0.402. The van der Waals surface area contributed by atoms with Crippen molar-refractivity contribution in [1.82, 2.24) is 0 Å². The highest BCUT2D eigenvalue weighted by Gasteiger charge is 2.23. The summed E-state index contributed by atoms with van der Waals surface area (Å²) in [7, 11) is 0. The van der Waals surface area contributed by atoms with Gasteiger partial charge in [-0.05, 0) is 0 Å². The summed E-state index contributed by atoms with van der Waals surface area (Å²) in [5.41, 5.74) is 1.89. The van der Waals surface area contributed by atoms with Crippen molar-refractivity contribution in [3.63, 3.8) is 0 Å². The molecule has 0 radical (unpaired) electrons. The van der Waals surface area contributed by atoms with Gasteiger partial charge in [0.25, 0.3) is 0 Å². The molecule has 0 aliphatic carbocycles. The van der Waals surface area contributed by atoms with E-state index in [2.05, 4.69) is 13.2 Å². The van der Waals surface area contributed by atoms with Crippen molar-refractivity contribution >= 4 is 11.6 Å². The molecule has 0 saturated carbocycles. The molecule has 22 heavy (non-hydrogen) atoms. The number of rotatable bonds is 6. The van der Waals surface area contributed by atoms with Gasteiger partial charge < -0.3 is 0 Å². The Morgan fingerprint density at radius 1 is 0.727 bits per heavy atom. The molecule has 0 spiro atoms. The van der Waals surface area contributed by atoms with Crippen molar-refractivity contribution in [2.24, 2.45) is 5.92 Å². The molecular formula is C20H18O2. The summed E-state index contributed by atoms with van der Waals surface area (Å²) in [5, 5.41) is 0. The third kappa shape index (κ3) is 3.29. The van der Waals surface area contributed by atoms with Crippen LogP contribution in [0.5, 0.6) is 0 Å². The fraction of sp³-hybridized carbons (Fsp3) is 0.100. The van der Waals surface area contributed by atoms with E-state index in [1.165, 1.54) is 0 Å². The zero-order valence-corrected chi connectivity index (χ0v) is 12.6. The number of ketones is 2. The van der Waals surface area contributed by atoms with Gasteiger partial charge in [0.1, 0.15) is 0 Å². The van der Waals surface area contributed by atoms with Gasteiger partial charge in [-0.25, -0.2) is 0 Å². The van der Waals surface area contributed by atoms with Crippen LogP contribution in [0.2, 0.25) is 0 Å². The van der Waals surface area contributed by atoms with E-state index in [0.29, 0.717) is 22.3 Å². The number of carbonyl (C=O) groups is 2. The van der Waals surface area contributed by atoms with Crippen molar-refractivity contribution in [2.45, 2.75) is 6.92 Å². The number of hydrogen-bond donors (Lipinski definition) is 0. The predicted octanol–water partition coefficient (Wildman–Crippen LogP) is 4.50. The lowest BCUT2D eigenvalue weighted by atomic mass is 9.86. The van der Waals surface area contributed by atoms with Crippen molar-refractivity contribution < 1.29 is 9.59 Å². The predicted molar refractivity (Wildman–Crippen MR) is 89.0 cm³/mol. The molecule has 0 atom stereocenters. The zero-order valence-electron chi connectivity index (χ0n) is 12.6. The van der Waals surface area contributed by atoms with Crippen LogP contribution < -0.4 is 0 Å². The summed E-state index contributed by atoms with van der Waals surface area (Å²) in [4.78, 5) is 24.8. The molecule has 0 aromatic heterocycles. The number of carbonyl (C=O) groups excluding carboxylic acids is 2. The lowest BCUT2D eigenvalue weighted by molar-refractivity contribution is 0.101. The summed E-state index contributed by atoms with van der Waals surface area (Å²) in [6, 6.07) is 17.9. The largest absolute Gasteiger partial charge is 0.289 e. The van der Waals surface area contributed by atoms with Crippen LogP contribution in [0.25, 0.3) is 0 Å². The van der Waals surface area contributed by atoms with Crippen LogP contribution in [0.3, 0.4) is 0 Å². The Hall–Kier alpha value is -2.74. The highest BCUT2D eigenvalue weighted by Crippen LogP contribution is 2.24. The molecule has 0 bridgehead atoms. The van der Waals surface area contributed by atoms with Gasteiger partial charge in [0, 0.05) is 28.2 Å². The molecule has 0 aliphatic heterocycles. The third-order valence-corrected chi connectivity index (χ3v) is 3.70. The van der Waals surface area contributed by atoms with Crippen molar-refractivity contribution in [2.75, 3.05) is 0 Å². The summed E-state index contributed by atoms with van der Waals surface area (Å²) < 4.78 is 0. The first kappa shape index (κ1) is 15.6. The van der Waals surface area contributed by atoms with Crippen LogP contribution >= 0.6 is 0 Å². The van der Waals surface area contributed by atoms with Crippen LogP contribution in [-0.2, 0) is 0 Å². The van der Waals surface area contributed by atoms with Gasteiger partial charge in [-0.1, -0.05) is 80.7 Å². The van der Waals surface area contributed by atoms with E-state index in [0.717, 1.165) is 0 Å². The fourth-order valence-corrected chi connectivity index (χ4v) is 2.15. The lowest BCUT2D eigenvalue weighted by Crippen LogP contribution is -2.17. The van der Waals surface area contributed by atoms with Crippen LogP contribution in [0, 0.1) is 5.92 Å². The second-order valence-electron chi connectivity index (χ2n) is 5.16. The Labute approximate surface area is 130 Å². The van der Waals surface area contributed by atoms with Gasteiger partial charge >= 0.3 is 0 Å². The number of allylic oxidation sites excluding steroid dienone is 2. The van der Waals surface area contributed by atoms with Crippen molar-refractivity contribution in [3.8, 4) is 0 Å². The summed E-state index contributed by atoms with van der Waals surface area (Å²) in [5.74, 6) is -0.717. The van der Waals surface area contributed by atoms with Crippen molar-refractivity contribution in [1.29, 1.82) is 0 Å². The molecule has 2 heteroatoms. The first-order valence-electron chi connectivity index (χ1n) is 7.09. The molecule has 2 rings (SSSR count). The average molecular weight is 290 g/mol. The van der Waals surface area contributed by atoms with E-state index in [9.17, 15) is 9.59 Å². The Morgan fingerprint density at radius 2 is 1.05 bits per heavy atom. The topological polar surface area (TPSA) is 34.1 Å². The minimum Gasteiger partial charge on any atom is -0.289 e. The molecule has 0 saturated heterocycles. The summed E-state index contributed by atoms with van der Waals surface area (Å²) >= 11 is 0. The molecule has 0 amide bonds. The molecule has 0 heterocycles. The normalized spacial score (nSPS) is 10.3. The van der Waals surface area contributed by atoms with Crippen LogP contribution in [-0.4, -0.2) is 11.6 Å². The third-order valence-electron chi connectivity index (χ3n) is 3.70. The minimum absolute atomic E-state index is 0.157. The zero-order chi connectivity index (χ0) is 16.1. The molecule has 0 aliphatic rings. The monoisotopic (exact) mass is 290 g/mol. The van der Waals surface area contributed by atoms with Gasteiger partial charge in [0.2, 0.25) is 0 Å². The number of benzene rings is 2. The van der Waals surface area contributed by atoms with Gasteiger partial charge in [-0.15, -0.1) is 0 Å². The van der Waals surface area contributed by atoms with Crippen LogP contribution in [0.4, 0.5) is 0 Å². The Balaban J connectivity index is 2.15. The van der Waals surface area contributed by atoms with E-state index >= 15 is 0 Å². The lowest BCUT2D eigenvalue weighted by Gasteiger charge is -2.16. The fourth-order valence-electron chi connectivity index (χ4n) is 2.15. The van der Waals surface area contributed by atoms with E-state index in [4.69, 9.17) is 0 Å². The molecule has 0 N–H and O–H groups in total. The van der Waals surface area contributed by atoms with E-state index in [1.807, 2.05) is 12.1 Å². The molecule has 2 aromatic carbocycles. The van der Waals surface area contributed by atoms with E-state index < -0.39 is 5.92 Å². The Kier molecular flexibility index (Phi) is 4.84. The molecule has 2 aromatic rings.